The summed E-state index contributed by atoms with van der Waals surface area (Å²) < 4.78 is 12.8. The fraction of sp³-hybridized carbons (Fsp3) is 0.0833. The number of alkyl halides is 1. The number of benzene rings is 1. The SMILES string of the molecule is Fc1ccc(-c2ccc(Cl)nc2CBr)cc1. The van der Waals surface area contributed by atoms with E-state index in [1.807, 2.05) is 6.07 Å². The number of nitrogens with zero attached hydrogens (tertiary/aromatic N) is 1. The van der Waals surface area contributed by atoms with Gasteiger partial charge >= 0.3 is 0 Å². The van der Waals surface area contributed by atoms with E-state index in [-0.39, 0.29) is 5.82 Å². The van der Waals surface area contributed by atoms with Crippen molar-refractivity contribution >= 4 is 27.5 Å². The molecule has 0 radical (unpaired) electrons. The topological polar surface area (TPSA) is 12.9 Å². The number of hydrogen-bond donors (Lipinski definition) is 0. The minimum absolute atomic E-state index is 0.244. The van der Waals surface area contributed by atoms with Gasteiger partial charge in [-0.05, 0) is 29.8 Å². The van der Waals surface area contributed by atoms with Crippen molar-refractivity contribution in [3.8, 4) is 11.1 Å². The van der Waals surface area contributed by atoms with Gasteiger partial charge in [-0.2, -0.15) is 0 Å². The van der Waals surface area contributed by atoms with E-state index in [0.29, 0.717) is 10.5 Å². The fourth-order valence-corrected chi connectivity index (χ4v) is 2.06. The maximum absolute atomic E-state index is 12.8. The van der Waals surface area contributed by atoms with Gasteiger partial charge in [-0.15, -0.1) is 0 Å². The molecular weight excluding hydrogens is 292 g/mol. The van der Waals surface area contributed by atoms with Crippen molar-refractivity contribution in [1.82, 2.24) is 4.98 Å². The molecule has 1 aromatic heterocycles. The first kappa shape index (κ1) is 11.6. The lowest BCUT2D eigenvalue weighted by Crippen LogP contribution is -1.91. The summed E-state index contributed by atoms with van der Waals surface area (Å²) in [5.41, 5.74) is 2.74. The lowest BCUT2D eigenvalue weighted by atomic mass is 10.0. The summed E-state index contributed by atoms with van der Waals surface area (Å²) in [7, 11) is 0. The molecule has 0 N–H and O–H groups in total. The van der Waals surface area contributed by atoms with Gasteiger partial charge < -0.3 is 0 Å². The first-order chi connectivity index (χ1) is 7.70. The summed E-state index contributed by atoms with van der Waals surface area (Å²) >= 11 is 9.18. The Morgan fingerprint density at radius 1 is 1.12 bits per heavy atom. The van der Waals surface area contributed by atoms with E-state index in [4.69, 9.17) is 11.6 Å². The zero-order valence-electron chi connectivity index (χ0n) is 8.25. The minimum atomic E-state index is -0.244. The largest absolute Gasteiger partial charge is 0.240 e. The second kappa shape index (κ2) is 4.93. The molecule has 0 atom stereocenters. The fourth-order valence-electron chi connectivity index (χ4n) is 1.47. The van der Waals surface area contributed by atoms with Gasteiger partial charge in [0, 0.05) is 10.9 Å². The number of rotatable bonds is 2. The van der Waals surface area contributed by atoms with Crippen LogP contribution in [0, 0.1) is 5.82 Å². The van der Waals surface area contributed by atoms with E-state index >= 15 is 0 Å². The summed E-state index contributed by atoms with van der Waals surface area (Å²) in [4.78, 5) is 4.22. The molecule has 0 unspecified atom stereocenters. The van der Waals surface area contributed by atoms with Gasteiger partial charge in [0.25, 0.3) is 0 Å². The van der Waals surface area contributed by atoms with Gasteiger partial charge in [-0.25, -0.2) is 9.37 Å². The molecule has 2 rings (SSSR count). The Balaban J connectivity index is 2.51. The second-order valence-electron chi connectivity index (χ2n) is 3.27. The molecule has 0 saturated heterocycles. The third-order valence-electron chi connectivity index (χ3n) is 2.22. The maximum atomic E-state index is 12.8. The zero-order chi connectivity index (χ0) is 11.5. The highest BCUT2D eigenvalue weighted by Crippen LogP contribution is 2.25. The highest BCUT2D eigenvalue weighted by atomic mass is 79.9. The van der Waals surface area contributed by atoms with Crippen molar-refractivity contribution in [2.24, 2.45) is 0 Å². The molecule has 0 amide bonds. The van der Waals surface area contributed by atoms with Gasteiger partial charge in [-0.3, -0.25) is 0 Å². The van der Waals surface area contributed by atoms with Crippen molar-refractivity contribution in [3.63, 3.8) is 0 Å². The highest BCUT2D eigenvalue weighted by molar-refractivity contribution is 9.08. The highest BCUT2D eigenvalue weighted by Gasteiger charge is 2.06. The van der Waals surface area contributed by atoms with Crippen LogP contribution in [0.15, 0.2) is 36.4 Å². The molecule has 16 heavy (non-hydrogen) atoms. The predicted molar refractivity (Wildman–Crippen MR) is 67.3 cm³/mol. The minimum Gasteiger partial charge on any atom is -0.240 e. The average molecular weight is 301 g/mol. The molecule has 0 aliphatic rings. The van der Waals surface area contributed by atoms with Crippen molar-refractivity contribution in [3.05, 3.63) is 53.1 Å². The van der Waals surface area contributed by atoms with E-state index in [2.05, 4.69) is 20.9 Å². The van der Waals surface area contributed by atoms with Crippen LogP contribution in [0.25, 0.3) is 11.1 Å². The Labute approximate surface area is 106 Å². The van der Waals surface area contributed by atoms with Crippen LogP contribution >= 0.6 is 27.5 Å². The second-order valence-corrected chi connectivity index (χ2v) is 4.22. The molecule has 2 aromatic rings. The van der Waals surface area contributed by atoms with Crippen molar-refractivity contribution in [1.29, 1.82) is 0 Å². The average Bonchev–Trinajstić information content (AvgIpc) is 2.30. The molecule has 1 aromatic carbocycles. The van der Waals surface area contributed by atoms with Crippen molar-refractivity contribution in [2.75, 3.05) is 0 Å². The third-order valence-corrected chi connectivity index (χ3v) is 2.96. The molecule has 1 nitrogen and oxygen atoms in total. The molecule has 0 spiro atoms. The van der Waals surface area contributed by atoms with Crippen LogP contribution in [0.3, 0.4) is 0 Å². The molecule has 4 heteroatoms. The van der Waals surface area contributed by atoms with Crippen LogP contribution in [0.4, 0.5) is 4.39 Å². The van der Waals surface area contributed by atoms with E-state index in [1.165, 1.54) is 12.1 Å². The lowest BCUT2D eigenvalue weighted by Gasteiger charge is -2.06. The van der Waals surface area contributed by atoms with Crippen molar-refractivity contribution < 1.29 is 4.39 Å². The molecule has 1 heterocycles. The standard InChI is InChI=1S/C12H8BrClFN/c13-7-11-10(5-6-12(14)16-11)8-1-3-9(15)4-2-8/h1-6H,7H2. The van der Waals surface area contributed by atoms with Crippen LogP contribution in [-0.2, 0) is 5.33 Å². The first-order valence-electron chi connectivity index (χ1n) is 4.68. The van der Waals surface area contributed by atoms with E-state index < -0.39 is 0 Å². The summed E-state index contributed by atoms with van der Waals surface area (Å²) in [6.07, 6.45) is 0. The van der Waals surface area contributed by atoms with E-state index in [9.17, 15) is 4.39 Å². The zero-order valence-corrected chi connectivity index (χ0v) is 10.6. The van der Waals surface area contributed by atoms with Gasteiger partial charge in [0.05, 0.1) is 5.69 Å². The smallest absolute Gasteiger partial charge is 0.129 e. The van der Waals surface area contributed by atoms with Crippen LogP contribution < -0.4 is 0 Å². The maximum Gasteiger partial charge on any atom is 0.129 e. The number of pyridine rings is 1. The predicted octanol–water partition coefficient (Wildman–Crippen LogP) is 4.44. The Bertz CT molecular complexity index is 499. The molecular formula is C12H8BrClFN. The molecule has 0 aliphatic heterocycles. The Hall–Kier alpha value is -0.930. The quantitative estimate of drug-likeness (QED) is 0.590. The summed E-state index contributed by atoms with van der Waals surface area (Å²) in [5, 5.41) is 1.07. The van der Waals surface area contributed by atoms with Gasteiger partial charge in [0.2, 0.25) is 0 Å². The van der Waals surface area contributed by atoms with E-state index in [1.54, 1.807) is 18.2 Å². The van der Waals surface area contributed by atoms with Gasteiger partial charge in [0.15, 0.2) is 0 Å². The molecule has 0 saturated carbocycles. The number of aromatic nitrogens is 1. The number of halogens is 3. The Morgan fingerprint density at radius 3 is 2.44 bits per heavy atom. The van der Waals surface area contributed by atoms with Gasteiger partial charge in [-0.1, -0.05) is 39.7 Å². The van der Waals surface area contributed by atoms with Crippen LogP contribution in [0.1, 0.15) is 5.69 Å². The van der Waals surface area contributed by atoms with Gasteiger partial charge in [0.1, 0.15) is 11.0 Å². The third kappa shape index (κ3) is 2.42. The number of hydrogen-bond acceptors (Lipinski definition) is 1. The molecule has 0 bridgehead atoms. The lowest BCUT2D eigenvalue weighted by molar-refractivity contribution is 0.628. The molecule has 0 fully saturated rings. The van der Waals surface area contributed by atoms with Crippen molar-refractivity contribution in [2.45, 2.75) is 5.33 Å². The summed E-state index contributed by atoms with van der Waals surface area (Å²) in [5.74, 6) is -0.244. The Kier molecular flexibility index (Phi) is 3.56. The van der Waals surface area contributed by atoms with E-state index in [0.717, 1.165) is 16.8 Å². The van der Waals surface area contributed by atoms with Crippen LogP contribution in [0.5, 0.6) is 0 Å². The molecule has 0 aliphatic carbocycles. The van der Waals surface area contributed by atoms with Crippen LogP contribution in [0.2, 0.25) is 5.15 Å². The normalized spacial score (nSPS) is 10.4. The Morgan fingerprint density at radius 2 is 1.81 bits per heavy atom. The monoisotopic (exact) mass is 299 g/mol. The van der Waals surface area contributed by atoms with Crippen LogP contribution in [-0.4, -0.2) is 4.98 Å². The summed E-state index contributed by atoms with van der Waals surface area (Å²) in [6, 6.07) is 9.94. The first-order valence-corrected chi connectivity index (χ1v) is 6.18. The molecule has 82 valence electrons. The summed E-state index contributed by atoms with van der Waals surface area (Å²) in [6.45, 7) is 0.